The Morgan fingerprint density at radius 2 is 2.14 bits per heavy atom. The first-order chi connectivity index (χ1) is 10.8. The molecule has 1 saturated heterocycles. The van der Waals surface area contributed by atoms with E-state index in [4.69, 9.17) is 0 Å². The average molecular weight is 301 g/mol. The lowest BCUT2D eigenvalue weighted by molar-refractivity contribution is -0.134. The first-order valence-corrected chi connectivity index (χ1v) is 7.48. The van der Waals surface area contributed by atoms with Crippen molar-refractivity contribution in [1.29, 1.82) is 0 Å². The van der Waals surface area contributed by atoms with Crippen molar-refractivity contribution in [3.05, 3.63) is 30.3 Å². The monoisotopic (exact) mass is 301 g/mol. The maximum atomic E-state index is 12.3. The quantitative estimate of drug-likeness (QED) is 0.892. The minimum atomic E-state index is -0.0323. The third kappa shape index (κ3) is 3.30. The van der Waals surface area contributed by atoms with Crippen LogP contribution >= 0.6 is 0 Å². The number of likely N-dealkylation sites (tertiary alicyclic amines) is 1. The molecule has 0 bridgehead atoms. The van der Waals surface area contributed by atoms with E-state index >= 15 is 0 Å². The molecule has 7 nitrogen and oxygen atoms in total. The van der Waals surface area contributed by atoms with Gasteiger partial charge in [-0.2, -0.15) is 4.80 Å². The van der Waals surface area contributed by atoms with Crippen molar-refractivity contribution in [3.8, 4) is 11.4 Å². The first kappa shape index (κ1) is 14.6. The van der Waals surface area contributed by atoms with E-state index in [1.54, 1.807) is 4.90 Å². The number of benzene rings is 1. The van der Waals surface area contributed by atoms with Gasteiger partial charge < -0.3 is 10.0 Å². The molecule has 1 aliphatic rings. The fraction of sp³-hybridized carbons (Fsp3) is 0.467. The number of tetrazole rings is 1. The fourth-order valence-electron chi connectivity index (χ4n) is 2.67. The lowest BCUT2D eigenvalue weighted by Gasteiger charge is -2.31. The molecule has 1 amide bonds. The molecule has 3 rings (SSSR count). The maximum absolute atomic E-state index is 12.3. The molecule has 0 radical (unpaired) electrons. The molecule has 0 aliphatic carbocycles. The van der Waals surface area contributed by atoms with E-state index in [1.165, 1.54) is 4.80 Å². The molecule has 1 aromatic heterocycles. The number of aliphatic hydroxyl groups excluding tert-OH is 1. The Balaban J connectivity index is 1.64. The van der Waals surface area contributed by atoms with Crippen LogP contribution in [0.5, 0.6) is 0 Å². The van der Waals surface area contributed by atoms with Crippen LogP contribution in [0.2, 0.25) is 0 Å². The summed E-state index contributed by atoms with van der Waals surface area (Å²) in [6, 6.07) is 9.54. The van der Waals surface area contributed by atoms with Crippen LogP contribution in [0.4, 0.5) is 0 Å². The standard InChI is InChI=1S/C15H19N5O2/c21-11-12-5-4-8-19(9-12)14(22)10-20-17-15(16-18-20)13-6-2-1-3-7-13/h1-3,6-7,12,21H,4-5,8-11H2. The van der Waals surface area contributed by atoms with Gasteiger partial charge in [0.15, 0.2) is 0 Å². The van der Waals surface area contributed by atoms with Gasteiger partial charge in [0.25, 0.3) is 0 Å². The lowest BCUT2D eigenvalue weighted by atomic mass is 9.99. The van der Waals surface area contributed by atoms with Gasteiger partial charge in [0.2, 0.25) is 11.7 Å². The van der Waals surface area contributed by atoms with Gasteiger partial charge in [-0.25, -0.2) is 0 Å². The van der Waals surface area contributed by atoms with Crippen molar-refractivity contribution < 1.29 is 9.90 Å². The number of aliphatic hydroxyl groups is 1. The average Bonchev–Trinajstić information content (AvgIpc) is 3.04. The summed E-state index contributed by atoms with van der Waals surface area (Å²) < 4.78 is 0. The van der Waals surface area contributed by atoms with Gasteiger partial charge in [0.1, 0.15) is 6.54 Å². The maximum Gasteiger partial charge on any atom is 0.246 e. The van der Waals surface area contributed by atoms with Gasteiger partial charge in [-0.3, -0.25) is 4.79 Å². The zero-order chi connectivity index (χ0) is 15.4. The summed E-state index contributed by atoms with van der Waals surface area (Å²) in [5.74, 6) is 0.664. The molecular formula is C15H19N5O2. The molecule has 1 unspecified atom stereocenters. The Morgan fingerprint density at radius 1 is 1.32 bits per heavy atom. The van der Waals surface area contributed by atoms with Gasteiger partial charge in [-0.15, -0.1) is 10.2 Å². The minimum Gasteiger partial charge on any atom is -0.396 e. The number of amides is 1. The van der Waals surface area contributed by atoms with Crippen molar-refractivity contribution in [2.75, 3.05) is 19.7 Å². The number of rotatable bonds is 4. The second-order valence-electron chi connectivity index (χ2n) is 5.54. The summed E-state index contributed by atoms with van der Waals surface area (Å²) in [7, 11) is 0. The zero-order valence-electron chi connectivity index (χ0n) is 12.3. The molecule has 116 valence electrons. The smallest absolute Gasteiger partial charge is 0.246 e. The topological polar surface area (TPSA) is 84.1 Å². The number of piperidine rings is 1. The number of hydrogen-bond acceptors (Lipinski definition) is 5. The van der Waals surface area contributed by atoms with E-state index in [2.05, 4.69) is 15.4 Å². The largest absolute Gasteiger partial charge is 0.396 e. The van der Waals surface area contributed by atoms with Crippen LogP contribution in [0.1, 0.15) is 12.8 Å². The lowest BCUT2D eigenvalue weighted by Crippen LogP contribution is -2.42. The Morgan fingerprint density at radius 3 is 2.91 bits per heavy atom. The van der Waals surface area contributed by atoms with Crippen LogP contribution in [0.25, 0.3) is 11.4 Å². The normalized spacial score (nSPS) is 18.4. The van der Waals surface area contributed by atoms with Crippen LogP contribution in [-0.2, 0) is 11.3 Å². The van der Waals surface area contributed by atoms with Gasteiger partial charge in [0.05, 0.1) is 0 Å². The third-order valence-electron chi connectivity index (χ3n) is 3.89. The van der Waals surface area contributed by atoms with E-state index < -0.39 is 0 Å². The zero-order valence-corrected chi connectivity index (χ0v) is 12.3. The van der Waals surface area contributed by atoms with Gasteiger partial charge in [0, 0.05) is 25.3 Å². The van der Waals surface area contributed by atoms with Crippen LogP contribution < -0.4 is 0 Å². The highest BCUT2D eigenvalue weighted by atomic mass is 16.3. The molecule has 1 fully saturated rings. The van der Waals surface area contributed by atoms with Crippen molar-refractivity contribution >= 4 is 5.91 Å². The molecule has 1 N–H and O–H groups in total. The first-order valence-electron chi connectivity index (χ1n) is 7.48. The highest BCUT2D eigenvalue weighted by Crippen LogP contribution is 2.16. The predicted molar refractivity (Wildman–Crippen MR) is 79.6 cm³/mol. The summed E-state index contributed by atoms with van der Waals surface area (Å²) in [6.45, 7) is 1.55. The molecule has 0 saturated carbocycles. The summed E-state index contributed by atoms with van der Waals surface area (Å²) in [6.07, 6.45) is 1.90. The Kier molecular flexibility index (Phi) is 4.43. The van der Waals surface area contributed by atoms with Crippen molar-refractivity contribution in [2.45, 2.75) is 19.4 Å². The van der Waals surface area contributed by atoms with E-state index in [0.29, 0.717) is 12.4 Å². The predicted octanol–water partition coefficient (Wildman–Crippen LogP) is 0.571. The van der Waals surface area contributed by atoms with Crippen LogP contribution in [-0.4, -0.2) is 55.8 Å². The molecule has 2 aromatic rings. The Labute approximate surface area is 128 Å². The molecule has 1 aliphatic heterocycles. The van der Waals surface area contributed by atoms with Crippen LogP contribution in [0.15, 0.2) is 30.3 Å². The molecule has 7 heteroatoms. The minimum absolute atomic E-state index is 0.0323. The molecule has 1 aromatic carbocycles. The van der Waals surface area contributed by atoms with E-state index in [9.17, 15) is 9.90 Å². The summed E-state index contributed by atoms with van der Waals surface area (Å²) >= 11 is 0. The highest BCUT2D eigenvalue weighted by Gasteiger charge is 2.23. The van der Waals surface area contributed by atoms with E-state index in [1.807, 2.05) is 30.3 Å². The second kappa shape index (κ2) is 6.65. The number of carbonyl (C=O) groups excluding carboxylic acids is 1. The highest BCUT2D eigenvalue weighted by molar-refractivity contribution is 5.75. The molecule has 1 atom stereocenters. The van der Waals surface area contributed by atoms with E-state index in [-0.39, 0.29) is 25.0 Å². The second-order valence-corrected chi connectivity index (χ2v) is 5.54. The third-order valence-corrected chi connectivity index (χ3v) is 3.89. The summed E-state index contributed by atoms with van der Waals surface area (Å²) in [5, 5.41) is 21.4. The number of hydrogen-bond donors (Lipinski definition) is 1. The Hall–Kier alpha value is -2.28. The summed E-state index contributed by atoms with van der Waals surface area (Å²) in [5.41, 5.74) is 0.875. The van der Waals surface area contributed by atoms with Crippen molar-refractivity contribution in [1.82, 2.24) is 25.1 Å². The Bertz CT molecular complexity index is 628. The van der Waals surface area contributed by atoms with Crippen molar-refractivity contribution in [2.24, 2.45) is 5.92 Å². The SMILES string of the molecule is O=C(Cn1nnc(-c2ccccc2)n1)N1CCCC(CO)C1. The number of aromatic nitrogens is 4. The summed E-state index contributed by atoms with van der Waals surface area (Å²) in [4.78, 5) is 15.4. The molecule has 22 heavy (non-hydrogen) atoms. The van der Waals surface area contributed by atoms with Gasteiger partial charge in [-0.1, -0.05) is 30.3 Å². The van der Waals surface area contributed by atoms with Crippen LogP contribution in [0.3, 0.4) is 0 Å². The fourth-order valence-corrected chi connectivity index (χ4v) is 2.67. The number of carbonyl (C=O) groups is 1. The molecular weight excluding hydrogens is 282 g/mol. The number of nitrogens with zero attached hydrogens (tertiary/aromatic N) is 5. The van der Waals surface area contributed by atoms with Gasteiger partial charge >= 0.3 is 0 Å². The molecule has 0 spiro atoms. The molecule has 2 heterocycles. The van der Waals surface area contributed by atoms with E-state index in [0.717, 1.165) is 24.9 Å². The van der Waals surface area contributed by atoms with Crippen molar-refractivity contribution in [3.63, 3.8) is 0 Å². The van der Waals surface area contributed by atoms with Crippen LogP contribution in [0, 0.1) is 5.92 Å². The van der Waals surface area contributed by atoms with Gasteiger partial charge in [-0.05, 0) is 24.0 Å².